The van der Waals surface area contributed by atoms with Crippen molar-refractivity contribution in [2.45, 2.75) is 6.92 Å². The Kier molecular flexibility index (Phi) is 2.11. The lowest BCUT2D eigenvalue weighted by Gasteiger charge is -2.07. The van der Waals surface area contributed by atoms with Gasteiger partial charge in [0.2, 0.25) is 0 Å². The zero-order valence-electron chi connectivity index (χ0n) is 7.76. The van der Waals surface area contributed by atoms with Crippen LogP contribution < -0.4 is 10.1 Å². The molecule has 0 saturated carbocycles. The van der Waals surface area contributed by atoms with E-state index in [2.05, 4.69) is 5.32 Å². The smallest absolute Gasteiger partial charge is 0.255 e. The Morgan fingerprint density at radius 3 is 3.07 bits per heavy atom. The first kappa shape index (κ1) is 8.99. The molecule has 4 heteroatoms. The molecule has 3 nitrogen and oxygen atoms in total. The fourth-order valence-corrected chi connectivity index (χ4v) is 1.39. The minimum Gasteiger partial charge on any atom is -0.488 e. The van der Waals surface area contributed by atoms with Crippen molar-refractivity contribution in [1.29, 1.82) is 0 Å². The number of hydrogen-bond donors (Lipinski definition) is 1. The molecular formula is C10H10FNO2. The van der Waals surface area contributed by atoms with E-state index in [-0.39, 0.29) is 17.2 Å². The van der Waals surface area contributed by atoms with E-state index in [0.717, 1.165) is 0 Å². The van der Waals surface area contributed by atoms with Crippen LogP contribution in [0, 0.1) is 12.7 Å². The maximum absolute atomic E-state index is 13.5. The van der Waals surface area contributed by atoms with Crippen LogP contribution in [-0.4, -0.2) is 19.1 Å². The van der Waals surface area contributed by atoms with E-state index in [4.69, 9.17) is 4.74 Å². The Bertz CT molecular complexity index is 390. The average molecular weight is 195 g/mol. The second-order valence-corrected chi connectivity index (χ2v) is 3.18. The highest BCUT2D eigenvalue weighted by Crippen LogP contribution is 2.26. The number of carbonyl (C=O) groups excluding carboxylic acids is 1. The summed E-state index contributed by atoms with van der Waals surface area (Å²) >= 11 is 0. The number of carbonyl (C=O) groups is 1. The highest BCUT2D eigenvalue weighted by atomic mass is 19.1. The molecule has 0 fully saturated rings. The van der Waals surface area contributed by atoms with Crippen molar-refractivity contribution in [3.8, 4) is 5.75 Å². The summed E-state index contributed by atoms with van der Waals surface area (Å²) in [5, 5.41) is 2.62. The van der Waals surface area contributed by atoms with Crippen LogP contribution in [0.3, 0.4) is 0 Å². The van der Waals surface area contributed by atoms with Crippen LogP contribution in [0.1, 0.15) is 15.9 Å². The molecule has 1 aliphatic heterocycles. The molecule has 0 unspecified atom stereocenters. The molecular weight excluding hydrogens is 185 g/mol. The topological polar surface area (TPSA) is 38.3 Å². The lowest BCUT2D eigenvalue weighted by Crippen LogP contribution is -2.24. The average Bonchev–Trinajstić information content (AvgIpc) is 2.35. The molecule has 0 saturated heterocycles. The van der Waals surface area contributed by atoms with Crippen LogP contribution in [0.4, 0.5) is 4.39 Å². The first-order chi connectivity index (χ1) is 6.70. The summed E-state index contributed by atoms with van der Waals surface area (Å²) in [7, 11) is 0. The maximum Gasteiger partial charge on any atom is 0.255 e. The van der Waals surface area contributed by atoms with E-state index in [9.17, 15) is 9.18 Å². The summed E-state index contributed by atoms with van der Waals surface area (Å²) in [5.74, 6) is -0.657. The Morgan fingerprint density at radius 1 is 1.50 bits per heavy atom. The number of hydrogen-bond acceptors (Lipinski definition) is 2. The van der Waals surface area contributed by atoms with Crippen molar-refractivity contribution in [2.75, 3.05) is 13.2 Å². The SMILES string of the molecule is Cc1ccc2c(c1F)OCCNC2=O. The number of halogens is 1. The zero-order chi connectivity index (χ0) is 10.1. The molecule has 1 aliphatic rings. The minimum atomic E-state index is -0.445. The summed E-state index contributed by atoms with van der Waals surface area (Å²) in [6, 6.07) is 3.15. The molecule has 0 aromatic heterocycles. The molecule has 2 rings (SSSR count). The number of rotatable bonds is 0. The number of benzene rings is 1. The highest BCUT2D eigenvalue weighted by Gasteiger charge is 2.20. The van der Waals surface area contributed by atoms with E-state index in [0.29, 0.717) is 18.7 Å². The van der Waals surface area contributed by atoms with Crippen LogP contribution in [0.15, 0.2) is 12.1 Å². The number of ether oxygens (including phenoxy) is 1. The van der Waals surface area contributed by atoms with Gasteiger partial charge in [0.25, 0.3) is 5.91 Å². The fraction of sp³-hybridized carbons (Fsp3) is 0.300. The lowest BCUT2D eigenvalue weighted by atomic mass is 10.1. The van der Waals surface area contributed by atoms with Gasteiger partial charge in [0.05, 0.1) is 12.1 Å². The van der Waals surface area contributed by atoms with Gasteiger partial charge in [-0.25, -0.2) is 4.39 Å². The molecule has 0 radical (unpaired) electrons. The molecule has 0 bridgehead atoms. The van der Waals surface area contributed by atoms with Crippen molar-refractivity contribution in [2.24, 2.45) is 0 Å². The fourth-order valence-electron chi connectivity index (χ4n) is 1.39. The zero-order valence-corrected chi connectivity index (χ0v) is 7.76. The Hall–Kier alpha value is -1.58. The van der Waals surface area contributed by atoms with Gasteiger partial charge in [-0.05, 0) is 18.6 Å². The van der Waals surface area contributed by atoms with Crippen LogP contribution in [-0.2, 0) is 0 Å². The predicted molar refractivity (Wildman–Crippen MR) is 49.0 cm³/mol. The lowest BCUT2D eigenvalue weighted by molar-refractivity contribution is 0.0957. The molecule has 0 aliphatic carbocycles. The van der Waals surface area contributed by atoms with Crippen molar-refractivity contribution < 1.29 is 13.9 Å². The molecule has 0 spiro atoms. The quantitative estimate of drug-likeness (QED) is 0.676. The molecule has 74 valence electrons. The highest BCUT2D eigenvalue weighted by molar-refractivity contribution is 5.97. The third kappa shape index (κ3) is 1.32. The number of aryl methyl sites for hydroxylation is 1. The van der Waals surface area contributed by atoms with E-state index < -0.39 is 5.82 Å². The van der Waals surface area contributed by atoms with Gasteiger partial charge in [0.15, 0.2) is 11.6 Å². The summed E-state index contributed by atoms with van der Waals surface area (Å²) in [5.41, 5.74) is 0.754. The minimum absolute atomic E-state index is 0.0694. The van der Waals surface area contributed by atoms with Crippen LogP contribution in [0.25, 0.3) is 0 Å². The van der Waals surface area contributed by atoms with Crippen molar-refractivity contribution in [3.63, 3.8) is 0 Å². The van der Waals surface area contributed by atoms with E-state index >= 15 is 0 Å². The third-order valence-electron chi connectivity index (χ3n) is 2.17. The van der Waals surface area contributed by atoms with E-state index in [1.54, 1.807) is 19.1 Å². The van der Waals surface area contributed by atoms with Crippen molar-refractivity contribution in [1.82, 2.24) is 5.32 Å². The summed E-state index contributed by atoms with van der Waals surface area (Å²) in [4.78, 5) is 11.4. The summed E-state index contributed by atoms with van der Waals surface area (Å²) < 4.78 is 18.7. The van der Waals surface area contributed by atoms with Crippen molar-refractivity contribution >= 4 is 5.91 Å². The first-order valence-electron chi connectivity index (χ1n) is 4.40. The monoisotopic (exact) mass is 195 g/mol. The van der Waals surface area contributed by atoms with Gasteiger partial charge in [-0.3, -0.25) is 4.79 Å². The van der Waals surface area contributed by atoms with Gasteiger partial charge in [-0.2, -0.15) is 0 Å². The molecule has 1 aromatic carbocycles. The number of amides is 1. The Labute approximate surface area is 80.9 Å². The van der Waals surface area contributed by atoms with Gasteiger partial charge < -0.3 is 10.1 Å². The van der Waals surface area contributed by atoms with Gasteiger partial charge in [0.1, 0.15) is 6.61 Å². The maximum atomic E-state index is 13.5. The van der Waals surface area contributed by atoms with E-state index in [1.807, 2.05) is 0 Å². The van der Waals surface area contributed by atoms with Gasteiger partial charge >= 0.3 is 0 Å². The molecule has 1 N–H and O–H groups in total. The Morgan fingerprint density at radius 2 is 2.29 bits per heavy atom. The molecule has 1 amide bonds. The predicted octanol–water partition coefficient (Wildman–Crippen LogP) is 1.26. The van der Waals surface area contributed by atoms with Gasteiger partial charge in [-0.1, -0.05) is 6.07 Å². The first-order valence-corrected chi connectivity index (χ1v) is 4.40. The molecule has 0 atom stereocenters. The van der Waals surface area contributed by atoms with Gasteiger partial charge in [-0.15, -0.1) is 0 Å². The number of nitrogens with one attached hydrogen (secondary N) is 1. The van der Waals surface area contributed by atoms with Crippen LogP contribution in [0.2, 0.25) is 0 Å². The summed E-state index contributed by atoms with van der Waals surface area (Å²) in [6.45, 7) is 2.35. The standard InChI is InChI=1S/C10H10FNO2/c1-6-2-3-7-9(8(6)11)14-5-4-12-10(7)13/h2-3H,4-5H2,1H3,(H,12,13). The molecule has 1 aromatic rings. The largest absolute Gasteiger partial charge is 0.488 e. The third-order valence-corrected chi connectivity index (χ3v) is 2.17. The summed E-state index contributed by atoms with van der Waals surface area (Å²) in [6.07, 6.45) is 0. The van der Waals surface area contributed by atoms with Crippen molar-refractivity contribution in [3.05, 3.63) is 29.1 Å². The second-order valence-electron chi connectivity index (χ2n) is 3.18. The molecule has 1 heterocycles. The van der Waals surface area contributed by atoms with Crippen LogP contribution in [0.5, 0.6) is 5.75 Å². The Balaban J connectivity index is 2.58. The van der Waals surface area contributed by atoms with Crippen LogP contribution >= 0.6 is 0 Å². The number of fused-ring (bicyclic) bond motifs is 1. The van der Waals surface area contributed by atoms with Gasteiger partial charge in [0, 0.05) is 0 Å². The second kappa shape index (κ2) is 3.29. The normalized spacial score (nSPS) is 15.1. The van der Waals surface area contributed by atoms with E-state index in [1.165, 1.54) is 0 Å². The molecule has 14 heavy (non-hydrogen) atoms.